The van der Waals surface area contributed by atoms with E-state index in [9.17, 15) is 9.59 Å². The Morgan fingerprint density at radius 2 is 1.55 bits per heavy atom. The molecule has 0 bridgehead atoms. The first-order valence-corrected chi connectivity index (χ1v) is 7.39. The molecule has 5 heteroatoms. The summed E-state index contributed by atoms with van der Waals surface area (Å²) in [7, 11) is 1.66. The lowest BCUT2D eigenvalue weighted by Gasteiger charge is -2.11. The number of carbonyl (C=O) groups is 2. The molecule has 0 aliphatic carbocycles. The Hall–Kier alpha value is -1.46. The second-order valence-electron chi connectivity index (χ2n) is 4.25. The number of benzene rings is 2. The minimum atomic E-state index is -0.0627. The van der Waals surface area contributed by atoms with Crippen molar-refractivity contribution in [3.05, 3.63) is 62.5 Å². The molecule has 102 valence electrons. The van der Waals surface area contributed by atoms with Crippen LogP contribution in [0.15, 0.2) is 51.4 Å². The van der Waals surface area contributed by atoms with E-state index in [-0.39, 0.29) is 5.78 Å². The number of hydrogen-bond acceptors (Lipinski definition) is 2. The smallest absolute Gasteiger partial charge is 0.213 e. The number of ketones is 1. The van der Waals surface area contributed by atoms with Crippen LogP contribution < -0.4 is 4.90 Å². The van der Waals surface area contributed by atoms with Gasteiger partial charge >= 0.3 is 0 Å². The van der Waals surface area contributed by atoms with Crippen LogP contribution in [0.5, 0.6) is 0 Å². The van der Waals surface area contributed by atoms with Crippen LogP contribution in [0.3, 0.4) is 0 Å². The zero-order valence-corrected chi connectivity index (χ0v) is 13.8. The van der Waals surface area contributed by atoms with E-state index in [0.717, 1.165) is 21.0 Å². The van der Waals surface area contributed by atoms with E-state index in [1.165, 1.54) is 4.90 Å². The Morgan fingerprint density at radius 1 is 1.00 bits per heavy atom. The van der Waals surface area contributed by atoms with Gasteiger partial charge in [-0.25, -0.2) is 0 Å². The Labute approximate surface area is 133 Å². The van der Waals surface area contributed by atoms with Crippen LogP contribution in [0.4, 0.5) is 5.69 Å². The van der Waals surface area contributed by atoms with Gasteiger partial charge in [-0.15, -0.1) is 0 Å². The molecule has 0 spiro atoms. The summed E-state index contributed by atoms with van der Waals surface area (Å²) < 4.78 is 1.68. The standard InChI is InChI=1S/C15H11Br2NO2/c1-18(9-19)14-4-2-10(3-5-14)15(20)11-6-12(16)8-13(17)7-11/h2-9H,1H3. The third-order valence-electron chi connectivity index (χ3n) is 2.82. The molecule has 0 fully saturated rings. The summed E-state index contributed by atoms with van der Waals surface area (Å²) in [6.45, 7) is 0. The van der Waals surface area contributed by atoms with Gasteiger partial charge < -0.3 is 4.90 Å². The van der Waals surface area contributed by atoms with Crippen LogP contribution in [0.2, 0.25) is 0 Å². The van der Waals surface area contributed by atoms with Crippen LogP contribution in [0, 0.1) is 0 Å². The lowest BCUT2D eigenvalue weighted by Crippen LogP contribution is -2.13. The molecule has 0 unspecified atom stereocenters. The Balaban J connectivity index is 2.31. The number of hydrogen-bond donors (Lipinski definition) is 0. The number of rotatable bonds is 4. The first kappa shape index (κ1) is 14.9. The molecule has 0 N–H and O–H groups in total. The first-order chi connectivity index (χ1) is 9.51. The van der Waals surface area contributed by atoms with Gasteiger partial charge in [0.15, 0.2) is 5.78 Å². The van der Waals surface area contributed by atoms with Crippen molar-refractivity contribution in [2.45, 2.75) is 0 Å². The van der Waals surface area contributed by atoms with Crippen LogP contribution in [-0.2, 0) is 4.79 Å². The molecule has 2 aromatic carbocycles. The summed E-state index contributed by atoms with van der Waals surface area (Å²) in [5.41, 5.74) is 1.92. The molecule has 2 aromatic rings. The molecular formula is C15H11Br2NO2. The second kappa shape index (κ2) is 6.33. The van der Waals surface area contributed by atoms with E-state index in [1.54, 1.807) is 43.4 Å². The van der Waals surface area contributed by atoms with Gasteiger partial charge in [-0.05, 0) is 42.5 Å². The highest BCUT2D eigenvalue weighted by Crippen LogP contribution is 2.23. The number of anilines is 1. The van der Waals surface area contributed by atoms with E-state index >= 15 is 0 Å². The van der Waals surface area contributed by atoms with Crippen LogP contribution >= 0.6 is 31.9 Å². The van der Waals surface area contributed by atoms with E-state index < -0.39 is 0 Å². The maximum atomic E-state index is 12.4. The lowest BCUT2D eigenvalue weighted by atomic mass is 10.0. The fourth-order valence-electron chi connectivity index (χ4n) is 1.76. The normalized spacial score (nSPS) is 10.2. The molecule has 0 atom stereocenters. The molecule has 0 aliphatic heterocycles. The van der Waals surface area contributed by atoms with E-state index in [4.69, 9.17) is 0 Å². The number of amides is 1. The Bertz CT molecular complexity index is 633. The maximum Gasteiger partial charge on any atom is 0.213 e. The monoisotopic (exact) mass is 395 g/mol. The van der Waals surface area contributed by atoms with Gasteiger partial charge in [0.05, 0.1) is 0 Å². The molecule has 0 aliphatic rings. The first-order valence-electron chi connectivity index (χ1n) is 5.80. The van der Waals surface area contributed by atoms with Crippen molar-refractivity contribution in [1.29, 1.82) is 0 Å². The average molecular weight is 397 g/mol. The number of nitrogens with zero attached hydrogens (tertiary/aromatic N) is 1. The third-order valence-corrected chi connectivity index (χ3v) is 3.74. The van der Waals surface area contributed by atoms with Crippen molar-refractivity contribution in [2.24, 2.45) is 0 Å². The average Bonchev–Trinajstić information content (AvgIpc) is 2.45. The zero-order chi connectivity index (χ0) is 14.7. The fraction of sp³-hybridized carbons (Fsp3) is 0.0667. The van der Waals surface area contributed by atoms with Gasteiger partial charge in [0, 0.05) is 32.8 Å². The minimum absolute atomic E-state index is 0.0627. The number of halogens is 2. The molecule has 2 rings (SSSR count). The fourth-order valence-corrected chi connectivity index (χ4v) is 3.05. The SMILES string of the molecule is CN(C=O)c1ccc(C(=O)c2cc(Br)cc(Br)c2)cc1. The van der Waals surface area contributed by atoms with Crippen LogP contribution in [-0.4, -0.2) is 19.2 Å². The van der Waals surface area contributed by atoms with E-state index in [0.29, 0.717) is 11.1 Å². The summed E-state index contributed by atoms with van der Waals surface area (Å²) in [4.78, 5) is 24.5. The van der Waals surface area contributed by atoms with Gasteiger partial charge in [0.25, 0.3) is 0 Å². The largest absolute Gasteiger partial charge is 0.318 e. The molecule has 0 saturated carbocycles. The molecule has 3 nitrogen and oxygen atoms in total. The highest BCUT2D eigenvalue weighted by molar-refractivity contribution is 9.11. The Morgan fingerprint density at radius 3 is 2.05 bits per heavy atom. The zero-order valence-electron chi connectivity index (χ0n) is 10.6. The maximum absolute atomic E-state index is 12.4. The van der Waals surface area contributed by atoms with Crippen molar-refractivity contribution in [3.63, 3.8) is 0 Å². The van der Waals surface area contributed by atoms with Gasteiger partial charge in [-0.1, -0.05) is 31.9 Å². The van der Waals surface area contributed by atoms with Crippen LogP contribution in [0.25, 0.3) is 0 Å². The van der Waals surface area contributed by atoms with Crippen molar-refractivity contribution in [3.8, 4) is 0 Å². The van der Waals surface area contributed by atoms with Gasteiger partial charge in [0.1, 0.15) is 0 Å². The van der Waals surface area contributed by atoms with Gasteiger partial charge in [0.2, 0.25) is 6.41 Å². The van der Waals surface area contributed by atoms with E-state index in [2.05, 4.69) is 31.9 Å². The van der Waals surface area contributed by atoms with Crippen molar-refractivity contribution >= 4 is 49.7 Å². The van der Waals surface area contributed by atoms with Gasteiger partial charge in [-0.2, -0.15) is 0 Å². The lowest BCUT2D eigenvalue weighted by molar-refractivity contribution is -0.107. The quantitative estimate of drug-likeness (QED) is 0.577. The highest BCUT2D eigenvalue weighted by atomic mass is 79.9. The summed E-state index contributed by atoms with van der Waals surface area (Å²) >= 11 is 6.73. The highest BCUT2D eigenvalue weighted by Gasteiger charge is 2.11. The molecule has 1 amide bonds. The summed E-state index contributed by atoms with van der Waals surface area (Å²) in [6, 6.07) is 12.3. The molecule has 0 aromatic heterocycles. The Kier molecular flexibility index (Phi) is 4.73. The van der Waals surface area contributed by atoms with Crippen molar-refractivity contribution < 1.29 is 9.59 Å². The third kappa shape index (κ3) is 3.35. The molecular weight excluding hydrogens is 386 g/mol. The van der Waals surface area contributed by atoms with Crippen molar-refractivity contribution in [1.82, 2.24) is 0 Å². The topological polar surface area (TPSA) is 37.4 Å². The minimum Gasteiger partial charge on any atom is -0.318 e. The van der Waals surface area contributed by atoms with E-state index in [1.807, 2.05) is 6.07 Å². The molecule has 0 radical (unpaired) electrons. The summed E-state index contributed by atoms with van der Waals surface area (Å²) in [5.74, 6) is -0.0627. The van der Waals surface area contributed by atoms with Crippen molar-refractivity contribution in [2.75, 3.05) is 11.9 Å². The summed E-state index contributed by atoms with van der Waals surface area (Å²) in [6.07, 6.45) is 0.724. The predicted molar refractivity (Wildman–Crippen MR) is 86.2 cm³/mol. The predicted octanol–water partition coefficient (Wildman–Crippen LogP) is 4.04. The number of carbonyl (C=O) groups excluding carboxylic acids is 2. The van der Waals surface area contributed by atoms with Crippen LogP contribution in [0.1, 0.15) is 15.9 Å². The molecule has 0 saturated heterocycles. The second-order valence-corrected chi connectivity index (χ2v) is 6.08. The molecule has 20 heavy (non-hydrogen) atoms. The molecule has 0 heterocycles. The summed E-state index contributed by atoms with van der Waals surface area (Å²) in [5, 5.41) is 0. The van der Waals surface area contributed by atoms with Gasteiger partial charge in [-0.3, -0.25) is 9.59 Å².